The van der Waals surface area contributed by atoms with Crippen molar-refractivity contribution in [2.24, 2.45) is 0 Å². The minimum atomic E-state index is -0.476. The molecule has 1 aliphatic heterocycles. The third-order valence-electron chi connectivity index (χ3n) is 4.09. The number of rotatable bonds is 2. The van der Waals surface area contributed by atoms with Gasteiger partial charge in [-0.05, 0) is 45.0 Å². The van der Waals surface area contributed by atoms with Crippen molar-refractivity contribution in [2.45, 2.75) is 45.3 Å². The third kappa shape index (κ3) is 4.53. The van der Waals surface area contributed by atoms with Gasteiger partial charge in [0.15, 0.2) is 0 Å². The van der Waals surface area contributed by atoms with Crippen LogP contribution in [0, 0.1) is 0 Å². The molecule has 3 rings (SSSR count). The maximum atomic E-state index is 12.1. The molecule has 6 nitrogen and oxygen atoms in total. The van der Waals surface area contributed by atoms with Gasteiger partial charge in [0.1, 0.15) is 17.5 Å². The zero-order valence-electron chi connectivity index (χ0n) is 14.9. The van der Waals surface area contributed by atoms with Crippen molar-refractivity contribution >= 4 is 17.0 Å². The molecule has 1 N–H and O–H groups in total. The van der Waals surface area contributed by atoms with Gasteiger partial charge in [0, 0.05) is 42.9 Å². The summed E-state index contributed by atoms with van der Waals surface area (Å²) in [7, 11) is 0. The highest BCUT2D eigenvalue weighted by Gasteiger charge is 2.27. The molecule has 1 amide bonds. The topological polar surface area (TPSA) is 71.6 Å². The number of ether oxygens (including phenoxy) is 2. The number of benzene rings is 1. The van der Waals surface area contributed by atoms with Gasteiger partial charge in [0.25, 0.3) is 0 Å². The number of amides is 1. The van der Waals surface area contributed by atoms with Crippen LogP contribution < -0.4 is 10.3 Å². The number of aromatic amines is 1. The average molecular weight is 344 g/mol. The zero-order valence-corrected chi connectivity index (χ0v) is 14.9. The Kier molecular flexibility index (Phi) is 4.70. The number of H-pyrrole nitrogens is 1. The molecule has 1 aromatic heterocycles. The Morgan fingerprint density at radius 3 is 2.56 bits per heavy atom. The Balaban J connectivity index is 1.58. The van der Waals surface area contributed by atoms with E-state index < -0.39 is 5.60 Å². The van der Waals surface area contributed by atoms with E-state index in [1.54, 1.807) is 11.0 Å². The van der Waals surface area contributed by atoms with Crippen molar-refractivity contribution in [2.75, 3.05) is 13.1 Å². The van der Waals surface area contributed by atoms with Gasteiger partial charge in [0.05, 0.1) is 0 Å². The smallest absolute Gasteiger partial charge is 0.410 e. The second kappa shape index (κ2) is 6.78. The summed E-state index contributed by atoms with van der Waals surface area (Å²) in [5, 5.41) is 0.934. The highest BCUT2D eigenvalue weighted by molar-refractivity contribution is 5.79. The molecule has 1 saturated heterocycles. The Bertz CT molecular complexity index is 814. The minimum Gasteiger partial charge on any atom is -0.490 e. The normalized spacial score (nSPS) is 16.0. The summed E-state index contributed by atoms with van der Waals surface area (Å²) >= 11 is 0. The van der Waals surface area contributed by atoms with Crippen LogP contribution in [0.2, 0.25) is 0 Å². The number of likely N-dealkylation sites (tertiary alicyclic amines) is 1. The van der Waals surface area contributed by atoms with Crippen LogP contribution >= 0.6 is 0 Å². The maximum absolute atomic E-state index is 12.1. The van der Waals surface area contributed by atoms with E-state index in [1.807, 2.05) is 39.0 Å². The summed E-state index contributed by atoms with van der Waals surface area (Å²) in [5.41, 5.74) is 0.200. The fraction of sp³-hybridized carbons (Fsp3) is 0.474. The number of nitrogens with one attached hydrogen (secondary N) is 1. The van der Waals surface area contributed by atoms with Crippen molar-refractivity contribution in [3.63, 3.8) is 0 Å². The van der Waals surface area contributed by atoms with Gasteiger partial charge in [-0.1, -0.05) is 0 Å². The van der Waals surface area contributed by atoms with Gasteiger partial charge < -0.3 is 19.4 Å². The molecular formula is C19H24N2O4. The van der Waals surface area contributed by atoms with Crippen LogP contribution in [0.3, 0.4) is 0 Å². The number of nitrogens with zero attached hydrogens (tertiary/aromatic N) is 1. The number of hydrogen-bond donors (Lipinski definition) is 1. The van der Waals surface area contributed by atoms with Crippen LogP contribution in [0.1, 0.15) is 33.6 Å². The number of hydrogen-bond acceptors (Lipinski definition) is 4. The first kappa shape index (κ1) is 17.3. The Labute approximate surface area is 146 Å². The van der Waals surface area contributed by atoms with E-state index in [0.717, 1.165) is 29.5 Å². The van der Waals surface area contributed by atoms with Gasteiger partial charge in [-0.15, -0.1) is 0 Å². The largest absolute Gasteiger partial charge is 0.490 e. The molecule has 0 radical (unpaired) electrons. The zero-order chi connectivity index (χ0) is 18.0. The van der Waals surface area contributed by atoms with E-state index >= 15 is 0 Å². The number of fused-ring (bicyclic) bond motifs is 1. The fourth-order valence-corrected chi connectivity index (χ4v) is 2.88. The van der Waals surface area contributed by atoms with Gasteiger partial charge >= 0.3 is 6.09 Å². The van der Waals surface area contributed by atoms with Crippen LogP contribution in [0.5, 0.6) is 5.75 Å². The number of aromatic nitrogens is 1. The number of piperidine rings is 1. The predicted molar refractivity (Wildman–Crippen MR) is 96.0 cm³/mol. The number of pyridine rings is 1. The first-order valence-electron chi connectivity index (χ1n) is 8.58. The second-order valence-electron chi connectivity index (χ2n) is 7.36. The van der Waals surface area contributed by atoms with E-state index in [9.17, 15) is 9.59 Å². The summed E-state index contributed by atoms with van der Waals surface area (Å²) in [6.45, 7) is 6.86. The minimum absolute atomic E-state index is 0.0684. The first-order chi connectivity index (χ1) is 11.8. The van der Waals surface area contributed by atoms with E-state index in [-0.39, 0.29) is 17.8 Å². The lowest BCUT2D eigenvalue weighted by Crippen LogP contribution is -2.44. The van der Waals surface area contributed by atoms with E-state index in [0.29, 0.717) is 13.1 Å². The summed E-state index contributed by atoms with van der Waals surface area (Å²) in [5.74, 6) is 0.773. The molecule has 0 aliphatic carbocycles. The van der Waals surface area contributed by atoms with E-state index in [1.165, 1.54) is 6.07 Å². The fourth-order valence-electron chi connectivity index (χ4n) is 2.88. The highest BCUT2D eigenvalue weighted by atomic mass is 16.6. The van der Waals surface area contributed by atoms with Crippen molar-refractivity contribution in [3.05, 3.63) is 40.7 Å². The summed E-state index contributed by atoms with van der Waals surface area (Å²) in [4.78, 5) is 27.9. The van der Waals surface area contributed by atoms with Crippen LogP contribution in [-0.2, 0) is 4.74 Å². The molecule has 0 atom stereocenters. The lowest BCUT2D eigenvalue weighted by molar-refractivity contribution is 0.0127. The Morgan fingerprint density at radius 2 is 1.88 bits per heavy atom. The van der Waals surface area contributed by atoms with Crippen molar-refractivity contribution in [1.29, 1.82) is 0 Å². The molecule has 2 heterocycles. The third-order valence-corrected chi connectivity index (χ3v) is 4.09. The highest BCUT2D eigenvalue weighted by Crippen LogP contribution is 2.23. The standard InChI is InChI=1S/C19H24N2O4/c1-19(2,3)25-18(23)21-10-8-14(9-11-21)24-15-5-6-16-13(12-15)4-7-17(22)20-16/h4-7,12,14H,8-11H2,1-3H3,(H,20,22). The quantitative estimate of drug-likeness (QED) is 0.907. The molecule has 2 aromatic rings. The molecule has 6 heteroatoms. The molecule has 0 bridgehead atoms. The summed E-state index contributed by atoms with van der Waals surface area (Å²) in [6.07, 6.45) is 1.34. The number of carbonyl (C=O) groups is 1. The van der Waals surface area contributed by atoms with Gasteiger partial charge in [-0.2, -0.15) is 0 Å². The van der Waals surface area contributed by atoms with Gasteiger partial charge in [-0.3, -0.25) is 4.79 Å². The summed E-state index contributed by atoms with van der Waals surface area (Å²) in [6, 6.07) is 8.92. The van der Waals surface area contributed by atoms with Crippen LogP contribution in [0.15, 0.2) is 35.1 Å². The van der Waals surface area contributed by atoms with Crippen molar-refractivity contribution in [3.8, 4) is 5.75 Å². The van der Waals surface area contributed by atoms with Gasteiger partial charge in [-0.25, -0.2) is 4.79 Å². The van der Waals surface area contributed by atoms with E-state index in [2.05, 4.69) is 4.98 Å². The molecule has 1 aliphatic rings. The van der Waals surface area contributed by atoms with Gasteiger partial charge in [0.2, 0.25) is 5.56 Å². The SMILES string of the molecule is CC(C)(C)OC(=O)N1CCC(Oc2ccc3[nH]c(=O)ccc3c2)CC1. The lowest BCUT2D eigenvalue weighted by Gasteiger charge is -2.33. The van der Waals surface area contributed by atoms with Crippen molar-refractivity contribution < 1.29 is 14.3 Å². The van der Waals surface area contributed by atoms with Crippen LogP contribution in [-0.4, -0.2) is 40.8 Å². The average Bonchev–Trinajstić information content (AvgIpc) is 2.54. The predicted octanol–water partition coefficient (Wildman–Crippen LogP) is 3.31. The Morgan fingerprint density at radius 1 is 1.16 bits per heavy atom. The molecule has 134 valence electrons. The second-order valence-corrected chi connectivity index (χ2v) is 7.36. The summed E-state index contributed by atoms with van der Waals surface area (Å²) < 4.78 is 11.5. The van der Waals surface area contributed by atoms with E-state index in [4.69, 9.17) is 9.47 Å². The molecule has 1 fully saturated rings. The van der Waals surface area contributed by atoms with Crippen LogP contribution in [0.25, 0.3) is 10.9 Å². The molecular weight excluding hydrogens is 320 g/mol. The first-order valence-corrected chi connectivity index (χ1v) is 8.58. The molecule has 0 unspecified atom stereocenters. The molecule has 0 saturated carbocycles. The van der Waals surface area contributed by atoms with Crippen molar-refractivity contribution in [1.82, 2.24) is 9.88 Å². The maximum Gasteiger partial charge on any atom is 0.410 e. The molecule has 25 heavy (non-hydrogen) atoms. The Hall–Kier alpha value is -2.50. The lowest BCUT2D eigenvalue weighted by atomic mass is 10.1. The molecule has 0 spiro atoms. The molecule has 1 aromatic carbocycles. The number of carbonyl (C=O) groups excluding carboxylic acids is 1. The monoisotopic (exact) mass is 344 g/mol. The van der Waals surface area contributed by atoms with Crippen LogP contribution in [0.4, 0.5) is 4.79 Å².